The van der Waals surface area contributed by atoms with Crippen molar-refractivity contribution in [3.8, 4) is 0 Å². The van der Waals surface area contributed by atoms with E-state index < -0.39 is 0 Å². The second-order valence-electron chi connectivity index (χ2n) is 4.14. The lowest BCUT2D eigenvalue weighted by atomic mass is 10.3. The Balaban J connectivity index is 2.02. The van der Waals surface area contributed by atoms with Crippen molar-refractivity contribution in [2.75, 3.05) is 6.54 Å². The minimum absolute atomic E-state index is 0.00403. The quantitative estimate of drug-likeness (QED) is 0.810. The van der Waals surface area contributed by atoms with E-state index in [1.807, 2.05) is 19.9 Å². The van der Waals surface area contributed by atoms with E-state index >= 15 is 0 Å². The SMILES string of the molecule is CCn1nc(C)cc1C(=O)NCC1CC1. The predicted octanol–water partition coefficient (Wildman–Crippen LogP) is 1.35. The standard InChI is InChI=1S/C11H17N3O/c1-3-14-10(6-8(2)13-14)11(15)12-7-9-4-5-9/h6,9H,3-5,7H2,1-2H3,(H,12,15). The number of amides is 1. The van der Waals surface area contributed by atoms with Gasteiger partial charge in [0.15, 0.2) is 0 Å². The van der Waals surface area contributed by atoms with Crippen LogP contribution < -0.4 is 5.32 Å². The monoisotopic (exact) mass is 207 g/mol. The van der Waals surface area contributed by atoms with E-state index in [1.165, 1.54) is 12.8 Å². The van der Waals surface area contributed by atoms with E-state index in [-0.39, 0.29) is 5.91 Å². The van der Waals surface area contributed by atoms with Gasteiger partial charge in [0, 0.05) is 13.1 Å². The average Bonchev–Trinajstić information content (AvgIpc) is 2.97. The second kappa shape index (κ2) is 4.04. The van der Waals surface area contributed by atoms with Crippen LogP contribution in [0.4, 0.5) is 0 Å². The van der Waals surface area contributed by atoms with Gasteiger partial charge in [-0.15, -0.1) is 0 Å². The van der Waals surface area contributed by atoms with E-state index in [2.05, 4.69) is 10.4 Å². The summed E-state index contributed by atoms with van der Waals surface area (Å²) in [6.07, 6.45) is 2.51. The highest BCUT2D eigenvalue weighted by molar-refractivity contribution is 5.92. The Bertz CT molecular complexity index is 366. The summed E-state index contributed by atoms with van der Waals surface area (Å²) < 4.78 is 1.75. The molecule has 4 heteroatoms. The van der Waals surface area contributed by atoms with Gasteiger partial charge in [0.05, 0.1) is 5.69 Å². The summed E-state index contributed by atoms with van der Waals surface area (Å²) in [6.45, 7) is 5.45. The molecule has 82 valence electrons. The summed E-state index contributed by atoms with van der Waals surface area (Å²) in [6, 6.07) is 1.84. The minimum Gasteiger partial charge on any atom is -0.350 e. The molecule has 0 aliphatic heterocycles. The van der Waals surface area contributed by atoms with Crippen LogP contribution in [0.2, 0.25) is 0 Å². The molecule has 0 radical (unpaired) electrons. The molecule has 0 aromatic carbocycles. The highest BCUT2D eigenvalue weighted by Crippen LogP contribution is 2.27. The summed E-state index contributed by atoms with van der Waals surface area (Å²) in [4.78, 5) is 11.8. The Morgan fingerprint density at radius 2 is 2.40 bits per heavy atom. The zero-order valence-electron chi connectivity index (χ0n) is 9.29. The number of carbonyl (C=O) groups is 1. The van der Waals surface area contributed by atoms with Crippen molar-refractivity contribution < 1.29 is 4.79 Å². The highest BCUT2D eigenvalue weighted by Gasteiger charge is 2.22. The number of aromatic nitrogens is 2. The first-order valence-corrected chi connectivity index (χ1v) is 5.53. The van der Waals surface area contributed by atoms with Crippen LogP contribution >= 0.6 is 0 Å². The van der Waals surface area contributed by atoms with Gasteiger partial charge in [0.2, 0.25) is 0 Å². The van der Waals surface area contributed by atoms with Crippen LogP contribution in [-0.4, -0.2) is 22.2 Å². The summed E-state index contributed by atoms with van der Waals surface area (Å²) in [5, 5.41) is 7.20. The number of hydrogen-bond donors (Lipinski definition) is 1. The van der Waals surface area contributed by atoms with Gasteiger partial charge < -0.3 is 5.32 Å². The van der Waals surface area contributed by atoms with Gasteiger partial charge in [0.1, 0.15) is 5.69 Å². The van der Waals surface area contributed by atoms with E-state index in [0.717, 1.165) is 18.8 Å². The summed E-state index contributed by atoms with van der Waals surface area (Å²) in [5.74, 6) is 0.720. The zero-order chi connectivity index (χ0) is 10.8. The minimum atomic E-state index is 0.00403. The topological polar surface area (TPSA) is 46.9 Å². The summed E-state index contributed by atoms with van der Waals surface area (Å²) >= 11 is 0. The fraction of sp³-hybridized carbons (Fsp3) is 0.636. The molecule has 0 unspecified atom stereocenters. The lowest BCUT2D eigenvalue weighted by Crippen LogP contribution is -2.27. The molecule has 1 saturated carbocycles. The van der Waals surface area contributed by atoms with E-state index in [1.54, 1.807) is 4.68 Å². The van der Waals surface area contributed by atoms with Crippen LogP contribution in [0.5, 0.6) is 0 Å². The lowest BCUT2D eigenvalue weighted by Gasteiger charge is -2.05. The maximum Gasteiger partial charge on any atom is 0.269 e. The fourth-order valence-electron chi connectivity index (χ4n) is 1.62. The van der Waals surface area contributed by atoms with Gasteiger partial charge in [0.25, 0.3) is 5.91 Å². The van der Waals surface area contributed by atoms with Crippen LogP contribution in [0.15, 0.2) is 6.07 Å². The van der Waals surface area contributed by atoms with Crippen molar-refractivity contribution >= 4 is 5.91 Å². The first-order valence-electron chi connectivity index (χ1n) is 5.53. The molecule has 15 heavy (non-hydrogen) atoms. The molecule has 0 atom stereocenters. The van der Waals surface area contributed by atoms with Crippen molar-refractivity contribution in [2.45, 2.75) is 33.2 Å². The number of carbonyl (C=O) groups excluding carboxylic acids is 1. The maximum atomic E-state index is 11.8. The van der Waals surface area contributed by atoms with Crippen molar-refractivity contribution in [1.82, 2.24) is 15.1 Å². The van der Waals surface area contributed by atoms with E-state index in [0.29, 0.717) is 11.6 Å². The molecule has 1 aliphatic carbocycles. The van der Waals surface area contributed by atoms with Crippen LogP contribution in [0.3, 0.4) is 0 Å². The highest BCUT2D eigenvalue weighted by atomic mass is 16.2. The third-order valence-electron chi connectivity index (χ3n) is 2.68. The predicted molar refractivity (Wildman–Crippen MR) is 57.7 cm³/mol. The first kappa shape index (κ1) is 10.2. The number of aryl methyl sites for hydroxylation is 2. The normalized spacial score (nSPS) is 15.3. The third kappa shape index (κ3) is 2.37. The second-order valence-corrected chi connectivity index (χ2v) is 4.14. The van der Waals surface area contributed by atoms with Crippen LogP contribution in [0.1, 0.15) is 35.9 Å². The zero-order valence-corrected chi connectivity index (χ0v) is 9.29. The maximum absolute atomic E-state index is 11.8. The molecule has 0 saturated heterocycles. The number of nitrogens with zero attached hydrogens (tertiary/aromatic N) is 2. The Labute approximate surface area is 89.7 Å². The van der Waals surface area contributed by atoms with E-state index in [4.69, 9.17) is 0 Å². The third-order valence-corrected chi connectivity index (χ3v) is 2.68. The summed E-state index contributed by atoms with van der Waals surface area (Å²) in [7, 11) is 0. The number of nitrogens with one attached hydrogen (secondary N) is 1. The molecule has 0 bridgehead atoms. The van der Waals surface area contributed by atoms with Crippen LogP contribution in [0, 0.1) is 12.8 Å². The molecule has 1 aromatic heterocycles. The Hall–Kier alpha value is -1.32. The number of rotatable bonds is 4. The van der Waals surface area contributed by atoms with Crippen molar-refractivity contribution in [2.24, 2.45) is 5.92 Å². The van der Waals surface area contributed by atoms with Crippen LogP contribution in [0.25, 0.3) is 0 Å². The molecule has 1 heterocycles. The molecule has 1 amide bonds. The summed E-state index contributed by atoms with van der Waals surface area (Å²) in [5.41, 5.74) is 1.57. The van der Waals surface area contributed by atoms with Crippen molar-refractivity contribution in [3.05, 3.63) is 17.5 Å². The molecule has 4 nitrogen and oxygen atoms in total. The lowest BCUT2D eigenvalue weighted by molar-refractivity contribution is 0.0941. The molecule has 1 fully saturated rings. The average molecular weight is 207 g/mol. The smallest absolute Gasteiger partial charge is 0.269 e. The van der Waals surface area contributed by atoms with Crippen molar-refractivity contribution in [1.29, 1.82) is 0 Å². The Morgan fingerprint density at radius 3 is 3.00 bits per heavy atom. The largest absolute Gasteiger partial charge is 0.350 e. The van der Waals surface area contributed by atoms with Gasteiger partial charge >= 0.3 is 0 Å². The Morgan fingerprint density at radius 1 is 1.67 bits per heavy atom. The molecular weight excluding hydrogens is 190 g/mol. The van der Waals surface area contributed by atoms with Gasteiger partial charge in [-0.25, -0.2) is 0 Å². The van der Waals surface area contributed by atoms with Crippen molar-refractivity contribution in [3.63, 3.8) is 0 Å². The fourth-order valence-corrected chi connectivity index (χ4v) is 1.62. The van der Waals surface area contributed by atoms with Crippen LogP contribution in [-0.2, 0) is 6.54 Å². The van der Waals surface area contributed by atoms with Gasteiger partial charge in [-0.3, -0.25) is 9.48 Å². The molecule has 2 rings (SSSR count). The molecule has 1 aromatic rings. The molecular formula is C11H17N3O. The molecule has 1 N–H and O–H groups in total. The van der Waals surface area contributed by atoms with Gasteiger partial charge in [-0.2, -0.15) is 5.10 Å². The number of hydrogen-bond acceptors (Lipinski definition) is 2. The molecule has 0 spiro atoms. The molecule has 1 aliphatic rings. The van der Waals surface area contributed by atoms with E-state index in [9.17, 15) is 4.79 Å². The Kier molecular flexibility index (Phi) is 2.75. The first-order chi connectivity index (χ1) is 7.20. The van der Waals surface area contributed by atoms with Gasteiger partial charge in [-0.05, 0) is 38.7 Å². The van der Waals surface area contributed by atoms with Gasteiger partial charge in [-0.1, -0.05) is 0 Å².